The van der Waals surface area contributed by atoms with Crippen molar-refractivity contribution >= 4 is 17.3 Å². The molecule has 136 valence electrons. The summed E-state index contributed by atoms with van der Waals surface area (Å²) in [6.45, 7) is 2.46. The molecule has 2 aliphatic rings. The summed E-state index contributed by atoms with van der Waals surface area (Å²) in [6.07, 6.45) is 5.46. The third kappa shape index (κ3) is 4.21. The van der Waals surface area contributed by atoms with Gasteiger partial charge in [-0.2, -0.15) is 0 Å². The Morgan fingerprint density at radius 1 is 1.40 bits per heavy atom. The van der Waals surface area contributed by atoms with Gasteiger partial charge >= 0.3 is 0 Å². The number of hydrogen-bond acceptors (Lipinski definition) is 5. The number of likely N-dealkylation sites (N-methyl/N-ethyl adjacent to an activating group) is 1. The Hall–Kier alpha value is -2.31. The summed E-state index contributed by atoms with van der Waals surface area (Å²) in [6, 6.07) is 4.66. The van der Waals surface area contributed by atoms with Gasteiger partial charge in [0.05, 0.1) is 17.2 Å². The number of nitro benzene ring substituents is 1. The van der Waals surface area contributed by atoms with Crippen LogP contribution < -0.4 is 9.64 Å². The van der Waals surface area contributed by atoms with Gasteiger partial charge < -0.3 is 14.5 Å². The number of nitrogens with zero attached hydrogens (tertiary/aromatic N) is 3. The van der Waals surface area contributed by atoms with E-state index in [1.165, 1.54) is 31.7 Å². The Balaban J connectivity index is 1.59. The zero-order valence-corrected chi connectivity index (χ0v) is 14.6. The van der Waals surface area contributed by atoms with E-state index < -0.39 is 4.92 Å². The molecule has 7 heteroatoms. The number of amides is 1. The SMILES string of the molecule is CN(CCN1CCOc2ccc([N+](=O)[O-])cc21)C(=O)CC1CCCC1. The molecular formula is C18H25N3O4. The zero-order valence-electron chi connectivity index (χ0n) is 14.6. The first kappa shape index (κ1) is 17.5. The molecule has 3 rings (SSSR count). The van der Waals surface area contributed by atoms with Crippen molar-refractivity contribution in [3.05, 3.63) is 28.3 Å². The van der Waals surface area contributed by atoms with Gasteiger partial charge in [-0.05, 0) is 24.8 Å². The Morgan fingerprint density at radius 2 is 2.16 bits per heavy atom. The molecule has 1 fully saturated rings. The van der Waals surface area contributed by atoms with Crippen LogP contribution in [-0.2, 0) is 4.79 Å². The van der Waals surface area contributed by atoms with Gasteiger partial charge in [-0.3, -0.25) is 14.9 Å². The molecule has 0 saturated heterocycles. The lowest BCUT2D eigenvalue weighted by molar-refractivity contribution is -0.384. The van der Waals surface area contributed by atoms with Crippen molar-refractivity contribution in [2.24, 2.45) is 5.92 Å². The molecule has 1 aromatic rings. The van der Waals surface area contributed by atoms with E-state index in [0.29, 0.717) is 44.3 Å². The lowest BCUT2D eigenvalue weighted by atomic mass is 10.0. The van der Waals surface area contributed by atoms with Crippen molar-refractivity contribution in [2.45, 2.75) is 32.1 Å². The molecule has 0 N–H and O–H groups in total. The maximum absolute atomic E-state index is 12.4. The highest BCUT2D eigenvalue weighted by atomic mass is 16.6. The van der Waals surface area contributed by atoms with Gasteiger partial charge in [-0.15, -0.1) is 0 Å². The second-order valence-electron chi connectivity index (χ2n) is 6.91. The van der Waals surface area contributed by atoms with Crippen LogP contribution in [0.25, 0.3) is 0 Å². The summed E-state index contributed by atoms with van der Waals surface area (Å²) in [5.74, 6) is 1.40. The number of non-ortho nitro benzene ring substituents is 1. The molecule has 0 radical (unpaired) electrons. The summed E-state index contributed by atoms with van der Waals surface area (Å²) < 4.78 is 5.59. The van der Waals surface area contributed by atoms with Crippen LogP contribution in [-0.4, -0.2) is 49.0 Å². The molecule has 1 heterocycles. The summed E-state index contributed by atoms with van der Waals surface area (Å²) in [7, 11) is 1.84. The van der Waals surface area contributed by atoms with Crippen molar-refractivity contribution in [1.82, 2.24) is 4.90 Å². The molecule has 7 nitrogen and oxygen atoms in total. The predicted octanol–water partition coefficient (Wildman–Crippen LogP) is 2.83. The van der Waals surface area contributed by atoms with Crippen LogP contribution >= 0.6 is 0 Å². The molecule has 0 atom stereocenters. The predicted molar refractivity (Wildman–Crippen MR) is 95.0 cm³/mol. The van der Waals surface area contributed by atoms with Crippen molar-refractivity contribution in [3.8, 4) is 5.75 Å². The largest absolute Gasteiger partial charge is 0.490 e. The highest BCUT2D eigenvalue weighted by Crippen LogP contribution is 2.34. The molecule has 0 aromatic heterocycles. The molecule has 1 saturated carbocycles. The van der Waals surface area contributed by atoms with Crippen LogP contribution in [0.4, 0.5) is 11.4 Å². The Labute approximate surface area is 147 Å². The molecule has 1 amide bonds. The minimum atomic E-state index is -0.398. The standard InChI is InChI=1S/C18H25N3O4/c1-19(18(22)12-14-4-2-3-5-14)8-9-20-10-11-25-17-7-6-15(21(23)24)13-16(17)20/h6-7,13-14H,2-5,8-12H2,1H3. The lowest BCUT2D eigenvalue weighted by Crippen LogP contribution is -2.40. The third-order valence-corrected chi connectivity index (χ3v) is 5.18. The van der Waals surface area contributed by atoms with Gasteiger partial charge in [0.1, 0.15) is 12.4 Å². The number of nitro groups is 1. The number of hydrogen-bond donors (Lipinski definition) is 0. The van der Waals surface area contributed by atoms with E-state index in [2.05, 4.69) is 4.90 Å². The van der Waals surface area contributed by atoms with Crippen molar-refractivity contribution in [1.29, 1.82) is 0 Å². The number of fused-ring (bicyclic) bond motifs is 1. The number of anilines is 1. The highest BCUT2D eigenvalue weighted by molar-refractivity contribution is 5.76. The second kappa shape index (κ2) is 7.72. The van der Waals surface area contributed by atoms with Crippen LogP contribution in [0.1, 0.15) is 32.1 Å². The van der Waals surface area contributed by atoms with Crippen molar-refractivity contribution in [2.75, 3.05) is 38.2 Å². The van der Waals surface area contributed by atoms with Crippen LogP contribution in [0.5, 0.6) is 5.75 Å². The van der Waals surface area contributed by atoms with Crippen LogP contribution in [0.15, 0.2) is 18.2 Å². The smallest absolute Gasteiger partial charge is 0.271 e. The Kier molecular flexibility index (Phi) is 5.40. The molecule has 25 heavy (non-hydrogen) atoms. The maximum Gasteiger partial charge on any atom is 0.271 e. The van der Waals surface area contributed by atoms with Crippen molar-refractivity contribution in [3.63, 3.8) is 0 Å². The fraction of sp³-hybridized carbons (Fsp3) is 0.611. The van der Waals surface area contributed by atoms with E-state index in [1.54, 1.807) is 17.0 Å². The van der Waals surface area contributed by atoms with Crippen LogP contribution in [0, 0.1) is 16.0 Å². The molecule has 0 unspecified atom stereocenters. The van der Waals surface area contributed by atoms with E-state index >= 15 is 0 Å². The van der Waals surface area contributed by atoms with Gasteiger partial charge in [-0.1, -0.05) is 12.8 Å². The van der Waals surface area contributed by atoms with E-state index in [4.69, 9.17) is 4.74 Å². The number of carbonyl (C=O) groups is 1. The average molecular weight is 347 g/mol. The van der Waals surface area contributed by atoms with E-state index in [1.807, 2.05) is 7.05 Å². The van der Waals surface area contributed by atoms with Gasteiger partial charge in [0.2, 0.25) is 5.91 Å². The first-order chi connectivity index (χ1) is 12.0. The highest BCUT2D eigenvalue weighted by Gasteiger charge is 2.23. The number of rotatable bonds is 6. The molecular weight excluding hydrogens is 322 g/mol. The fourth-order valence-corrected chi connectivity index (χ4v) is 3.62. The average Bonchev–Trinajstić information content (AvgIpc) is 3.11. The number of ether oxygens (including phenoxy) is 1. The number of benzene rings is 1. The van der Waals surface area contributed by atoms with Gasteiger partial charge in [0.25, 0.3) is 5.69 Å². The topological polar surface area (TPSA) is 75.9 Å². The summed E-state index contributed by atoms with van der Waals surface area (Å²) in [4.78, 5) is 26.8. The quantitative estimate of drug-likeness (QED) is 0.584. The first-order valence-corrected chi connectivity index (χ1v) is 8.95. The van der Waals surface area contributed by atoms with E-state index in [-0.39, 0.29) is 11.6 Å². The normalized spacial score (nSPS) is 17.1. The van der Waals surface area contributed by atoms with Crippen LogP contribution in [0.3, 0.4) is 0 Å². The lowest BCUT2D eigenvalue weighted by Gasteiger charge is -2.32. The van der Waals surface area contributed by atoms with Gasteiger partial charge in [-0.25, -0.2) is 0 Å². The molecule has 0 bridgehead atoms. The molecule has 1 aromatic carbocycles. The second-order valence-corrected chi connectivity index (χ2v) is 6.91. The minimum absolute atomic E-state index is 0.0555. The molecule has 1 aliphatic heterocycles. The maximum atomic E-state index is 12.4. The summed E-state index contributed by atoms with van der Waals surface area (Å²) in [5.41, 5.74) is 0.789. The fourth-order valence-electron chi connectivity index (χ4n) is 3.62. The van der Waals surface area contributed by atoms with E-state index in [0.717, 1.165) is 5.69 Å². The van der Waals surface area contributed by atoms with Gasteiger partial charge in [0.15, 0.2) is 0 Å². The number of carbonyl (C=O) groups excluding carboxylic acids is 1. The summed E-state index contributed by atoms with van der Waals surface area (Å²) >= 11 is 0. The first-order valence-electron chi connectivity index (χ1n) is 8.95. The molecule has 0 spiro atoms. The Morgan fingerprint density at radius 3 is 2.88 bits per heavy atom. The van der Waals surface area contributed by atoms with E-state index in [9.17, 15) is 14.9 Å². The summed E-state index contributed by atoms with van der Waals surface area (Å²) in [5, 5.41) is 11.0. The molecule has 1 aliphatic carbocycles. The van der Waals surface area contributed by atoms with Gasteiger partial charge in [0, 0.05) is 38.7 Å². The Bertz CT molecular complexity index is 643. The van der Waals surface area contributed by atoms with Crippen molar-refractivity contribution < 1.29 is 14.5 Å². The minimum Gasteiger partial charge on any atom is -0.490 e. The third-order valence-electron chi connectivity index (χ3n) is 5.18. The van der Waals surface area contributed by atoms with Crippen LogP contribution in [0.2, 0.25) is 0 Å². The zero-order chi connectivity index (χ0) is 17.8. The monoisotopic (exact) mass is 347 g/mol.